The van der Waals surface area contributed by atoms with Gasteiger partial charge >= 0.3 is 5.97 Å². The lowest BCUT2D eigenvalue weighted by molar-refractivity contribution is -0.141. The van der Waals surface area contributed by atoms with E-state index in [2.05, 4.69) is 5.32 Å². The Morgan fingerprint density at radius 1 is 1.12 bits per heavy atom. The second-order valence-corrected chi connectivity index (χ2v) is 5.60. The molecular weight excluding hydrogens is 348 g/mol. The van der Waals surface area contributed by atoms with Crippen LogP contribution in [0.5, 0.6) is 11.5 Å². The number of halogens is 1. The fraction of sp³-hybridized carbons (Fsp3) is 0.529. The van der Waals surface area contributed by atoms with Crippen molar-refractivity contribution in [3.05, 3.63) is 23.8 Å². The van der Waals surface area contributed by atoms with E-state index < -0.39 is 12.0 Å². The fourth-order valence-electron chi connectivity index (χ4n) is 2.11. The lowest BCUT2D eigenvalue weighted by Crippen LogP contribution is -2.40. The number of benzene rings is 1. The Hall–Kier alpha value is -1.99. The molecule has 0 aromatic heterocycles. The normalized spacial score (nSPS) is 13.7. The Bertz CT molecular complexity index is 580. The zero-order valence-corrected chi connectivity index (χ0v) is 16.0. The number of hydrogen-bond donors (Lipinski definition) is 2. The molecule has 0 bridgehead atoms. The summed E-state index contributed by atoms with van der Waals surface area (Å²) in [6.07, 6.45) is 0.00337. The Morgan fingerprint density at radius 2 is 1.72 bits per heavy atom. The van der Waals surface area contributed by atoms with Crippen LogP contribution in [0.4, 0.5) is 0 Å². The molecule has 0 aliphatic heterocycles. The lowest BCUT2D eigenvalue weighted by atomic mass is 9.99. The highest BCUT2D eigenvalue weighted by Crippen LogP contribution is 2.31. The first-order valence-corrected chi connectivity index (χ1v) is 7.68. The van der Waals surface area contributed by atoms with Gasteiger partial charge in [0.2, 0.25) is 5.91 Å². The molecule has 0 saturated carbocycles. The predicted molar refractivity (Wildman–Crippen MR) is 97.1 cm³/mol. The molecule has 1 aromatic carbocycles. The van der Waals surface area contributed by atoms with Crippen molar-refractivity contribution in [3.8, 4) is 11.5 Å². The highest BCUT2D eigenvalue weighted by atomic mass is 35.5. The zero-order chi connectivity index (χ0) is 18.3. The lowest BCUT2D eigenvalue weighted by Gasteiger charge is -2.23. The van der Waals surface area contributed by atoms with Crippen LogP contribution in [0.2, 0.25) is 0 Å². The Labute approximate surface area is 154 Å². The van der Waals surface area contributed by atoms with Crippen LogP contribution >= 0.6 is 12.4 Å². The number of nitrogens with two attached hydrogens (primary N) is 1. The molecule has 7 nitrogen and oxygen atoms in total. The molecular formula is C17H27ClN2O5. The molecule has 1 aromatic rings. The minimum atomic E-state index is -0.550. The van der Waals surface area contributed by atoms with Crippen LogP contribution in [-0.4, -0.2) is 39.2 Å². The maximum atomic E-state index is 12.3. The minimum absolute atomic E-state index is 0. The summed E-state index contributed by atoms with van der Waals surface area (Å²) in [5, 5.41) is 2.85. The molecule has 1 rings (SSSR count). The third-order valence-corrected chi connectivity index (χ3v) is 3.93. The molecule has 0 saturated heterocycles. The predicted octanol–water partition coefficient (Wildman–Crippen LogP) is 1.83. The average Bonchev–Trinajstić information content (AvgIpc) is 2.59. The summed E-state index contributed by atoms with van der Waals surface area (Å²) in [5.74, 6) is 0.0372. The molecule has 0 aliphatic carbocycles. The maximum absolute atomic E-state index is 12.3. The van der Waals surface area contributed by atoms with E-state index in [1.54, 1.807) is 32.0 Å². The molecule has 142 valence electrons. The smallest absolute Gasteiger partial charge is 0.307 e. The number of rotatable bonds is 8. The third-order valence-electron chi connectivity index (χ3n) is 3.93. The molecule has 0 radical (unpaired) electrons. The number of methoxy groups -OCH3 is 3. The highest BCUT2D eigenvalue weighted by Gasteiger charge is 2.24. The fourth-order valence-corrected chi connectivity index (χ4v) is 2.11. The second-order valence-electron chi connectivity index (χ2n) is 5.60. The van der Waals surface area contributed by atoms with E-state index in [1.807, 2.05) is 0 Å². The first-order valence-electron chi connectivity index (χ1n) is 7.68. The summed E-state index contributed by atoms with van der Waals surface area (Å²) in [6, 6.07) is 4.37. The molecule has 3 N–H and O–H groups in total. The van der Waals surface area contributed by atoms with Crippen molar-refractivity contribution in [2.75, 3.05) is 21.3 Å². The van der Waals surface area contributed by atoms with Gasteiger partial charge in [0.1, 0.15) is 0 Å². The van der Waals surface area contributed by atoms with Crippen LogP contribution in [0.3, 0.4) is 0 Å². The van der Waals surface area contributed by atoms with Gasteiger partial charge in [0.25, 0.3) is 0 Å². The van der Waals surface area contributed by atoms with E-state index in [-0.39, 0.29) is 36.7 Å². The van der Waals surface area contributed by atoms with Crippen LogP contribution in [-0.2, 0) is 14.3 Å². The number of carbonyl (C=O) groups is 2. The standard InChI is InChI=1S/C17H26N2O5.ClH/c1-10(11(2)18)17(21)19-13(9-16(20)24-5)12-6-7-14(22-3)15(8-12)23-4;/h6-8,10-11,13H,9,18H2,1-5H3,(H,19,21);1H. The monoisotopic (exact) mass is 374 g/mol. The topological polar surface area (TPSA) is 99.9 Å². The largest absolute Gasteiger partial charge is 0.493 e. The van der Waals surface area contributed by atoms with Gasteiger partial charge in [-0.1, -0.05) is 13.0 Å². The van der Waals surface area contributed by atoms with Gasteiger partial charge in [-0.05, 0) is 24.6 Å². The van der Waals surface area contributed by atoms with Crippen LogP contribution < -0.4 is 20.5 Å². The number of ether oxygens (including phenoxy) is 3. The first kappa shape index (κ1) is 23.0. The summed E-state index contributed by atoms with van der Waals surface area (Å²) in [6.45, 7) is 3.50. The van der Waals surface area contributed by atoms with Crippen molar-refractivity contribution in [3.63, 3.8) is 0 Å². The molecule has 0 spiro atoms. The van der Waals surface area contributed by atoms with Gasteiger partial charge in [-0.25, -0.2) is 0 Å². The van der Waals surface area contributed by atoms with Crippen LogP contribution in [0.15, 0.2) is 18.2 Å². The zero-order valence-electron chi connectivity index (χ0n) is 15.2. The van der Waals surface area contributed by atoms with Crippen LogP contribution in [0.25, 0.3) is 0 Å². The van der Waals surface area contributed by atoms with Crippen LogP contribution in [0.1, 0.15) is 31.9 Å². The van der Waals surface area contributed by atoms with Crippen molar-refractivity contribution >= 4 is 24.3 Å². The minimum Gasteiger partial charge on any atom is -0.493 e. The summed E-state index contributed by atoms with van der Waals surface area (Å²) in [7, 11) is 4.36. The first-order chi connectivity index (χ1) is 11.3. The molecule has 0 fully saturated rings. The van der Waals surface area contributed by atoms with E-state index >= 15 is 0 Å². The number of amides is 1. The van der Waals surface area contributed by atoms with Crippen molar-refractivity contribution < 1.29 is 23.8 Å². The number of carbonyl (C=O) groups excluding carboxylic acids is 2. The van der Waals surface area contributed by atoms with Gasteiger partial charge in [-0.3, -0.25) is 9.59 Å². The molecule has 8 heteroatoms. The number of nitrogens with one attached hydrogen (secondary N) is 1. The molecule has 0 aliphatic rings. The van der Waals surface area contributed by atoms with Gasteiger partial charge in [0.15, 0.2) is 11.5 Å². The molecule has 1 amide bonds. The Balaban J connectivity index is 0.00000576. The molecule has 0 heterocycles. The van der Waals surface area contributed by atoms with Gasteiger partial charge in [-0.2, -0.15) is 0 Å². The second kappa shape index (κ2) is 10.8. The molecule has 3 unspecified atom stereocenters. The van der Waals surface area contributed by atoms with E-state index in [0.29, 0.717) is 17.1 Å². The van der Waals surface area contributed by atoms with Gasteiger partial charge in [0, 0.05) is 12.0 Å². The van der Waals surface area contributed by atoms with E-state index in [9.17, 15) is 9.59 Å². The molecule has 3 atom stereocenters. The van der Waals surface area contributed by atoms with E-state index in [4.69, 9.17) is 19.9 Å². The van der Waals surface area contributed by atoms with Gasteiger partial charge in [0.05, 0.1) is 33.8 Å². The summed E-state index contributed by atoms with van der Waals surface area (Å²) >= 11 is 0. The molecule has 25 heavy (non-hydrogen) atoms. The SMILES string of the molecule is COC(=O)CC(NC(=O)C(C)C(C)N)c1ccc(OC)c(OC)c1.Cl. The van der Waals surface area contributed by atoms with E-state index in [1.165, 1.54) is 21.3 Å². The Kier molecular flexibility index (Phi) is 9.93. The van der Waals surface area contributed by atoms with Crippen molar-refractivity contribution in [1.29, 1.82) is 0 Å². The number of esters is 1. The summed E-state index contributed by atoms with van der Waals surface area (Å²) in [4.78, 5) is 24.0. The quantitative estimate of drug-likeness (QED) is 0.673. The maximum Gasteiger partial charge on any atom is 0.307 e. The van der Waals surface area contributed by atoms with Gasteiger partial charge in [-0.15, -0.1) is 12.4 Å². The van der Waals surface area contributed by atoms with E-state index in [0.717, 1.165) is 0 Å². The van der Waals surface area contributed by atoms with Crippen molar-refractivity contribution in [1.82, 2.24) is 5.32 Å². The number of hydrogen-bond acceptors (Lipinski definition) is 6. The van der Waals surface area contributed by atoms with Crippen molar-refractivity contribution in [2.45, 2.75) is 32.4 Å². The highest BCUT2D eigenvalue weighted by molar-refractivity contribution is 5.85. The van der Waals surface area contributed by atoms with Gasteiger partial charge < -0.3 is 25.3 Å². The third kappa shape index (κ3) is 6.43. The Morgan fingerprint density at radius 3 is 2.20 bits per heavy atom. The average molecular weight is 375 g/mol. The summed E-state index contributed by atoms with van der Waals surface area (Å²) in [5.41, 5.74) is 6.48. The van der Waals surface area contributed by atoms with Crippen LogP contribution in [0, 0.1) is 5.92 Å². The summed E-state index contributed by atoms with van der Waals surface area (Å²) < 4.78 is 15.2. The van der Waals surface area contributed by atoms with Crippen molar-refractivity contribution in [2.24, 2.45) is 11.7 Å².